The normalized spacial score (nSPS) is 15.3. The van der Waals surface area contributed by atoms with Crippen molar-refractivity contribution in [1.82, 2.24) is 4.98 Å². The maximum absolute atomic E-state index is 8.76. The maximum atomic E-state index is 8.76. The van der Waals surface area contributed by atoms with E-state index in [1.165, 1.54) is 0 Å². The Morgan fingerprint density at radius 1 is 1.44 bits per heavy atom. The molecular formula is C5H6BNO2. The van der Waals surface area contributed by atoms with Gasteiger partial charge in [0.1, 0.15) is 0 Å². The molecular weight excluding hydrogens is 117 g/mol. The maximum Gasteiger partial charge on any atom is 0.488 e. The zero-order valence-electron chi connectivity index (χ0n) is 8.42. The van der Waals surface area contributed by atoms with Gasteiger partial charge in [-0.3, -0.25) is 4.98 Å². The van der Waals surface area contributed by atoms with Crippen molar-refractivity contribution in [3.8, 4) is 0 Å². The summed E-state index contributed by atoms with van der Waals surface area (Å²) in [5, 5.41) is 17.5. The van der Waals surface area contributed by atoms with Crippen LogP contribution in [-0.4, -0.2) is 22.2 Å². The molecule has 1 aromatic heterocycles. The van der Waals surface area contributed by atoms with Crippen LogP contribution in [0.15, 0.2) is 24.4 Å². The van der Waals surface area contributed by atoms with Gasteiger partial charge in [0.15, 0.2) is 0 Å². The van der Waals surface area contributed by atoms with Gasteiger partial charge >= 0.3 is 7.12 Å². The van der Waals surface area contributed by atoms with E-state index in [2.05, 4.69) is 4.98 Å². The number of hydrogen-bond acceptors (Lipinski definition) is 3. The lowest BCUT2D eigenvalue weighted by Crippen LogP contribution is -2.29. The van der Waals surface area contributed by atoms with Crippen LogP contribution in [0.4, 0.5) is 0 Å². The van der Waals surface area contributed by atoms with E-state index >= 15 is 0 Å². The van der Waals surface area contributed by atoms with Crippen LogP contribution in [0, 0.1) is 0 Å². The first-order chi connectivity index (χ1) is 5.95. The highest BCUT2D eigenvalue weighted by molar-refractivity contribution is 6.58. The predicted octanol–water partition coefficient (Wildman–Crippen LogP) is -1.24. The average Bonchev–Trinajstić information content (AvgIpc) is 2.01. The molecule has 0 saturated carbocycles. The first kappa shape index (κ1) is 2.81. The third-order valence-electron chi connectivity index (χ3n) is 0.751. The SMILES string of the molecule is [2H]c1nc([2H])c([2H])c(B(O)O)c1[2H]. The van der Waals surface area contributed by atoms with Gasteiger partial charge in [0.25, 0.3) is 0 Å². The Morgan fingerprint density at radius 2 is 2.00 bits per heavy atom. The zero-order valence-corrected chi connectivity index (χ0v) is 4.42. The molecule has 0 unspecified atom stereocenters. The van der Waals surface area contributed by atoms with Crippen molar-refractivity contribution in [2.75, 3.05) is 0 Å². The first-order valence-corrected chi connectivity index (χ1v) is 2.25. The Labute approximate surface area is 58.8 Å². The molecule has 0 atom stereocenters. The second-order valence-corrected chi connectivity index (χ2v) is 1.37. The predicted molar refractivity (Wildman–Crippen MR) is 34.1 cm³/mol. The molecule has 46 valence electrons. The van der Waals surface area contributed by atoms with Crippen LogP contribution in [0.3, 0.4) is 0 Å². The van der Waals surface area contributed by atoms with Gasteiger partial charge in [-0.05, 0) is 17.5 Å². The molecule has 0 amide bonds. The molecule has 1 rings (SSSR count). The highest BCUT2D eigenvalue weighted by Crippen LogP contribution is 1.77. The summed E-state index contributed by atoms with van der Waals surface area (Å²) in [6, 6.07) is -1.06. The number of aromatic nitrogens is 1. The first-order valence-electron chi connectivity index (χ1n) is 4.25. The lowest BCUT2D eigenvalue weighted by molar-refractivity contribution is 0.425. The standard InChI is InChI=1S/C5H6BNO2/c8-6(9)5-1-3-7-4-2-5/h1-4,8-9H/i1D,2D,3D,4D. The Hall–Kier alpha value is -0.865. The molecule has 1 heterocycles. The van der Waals surface area contributed by atoms with Gasteiger partial charge in [-0.25, -0.2) is 0 Å². The van der Waals surface area contributed by atoms with Gasteiger partial charge in [-0.15, -0.1) is 0 Å². The summed E-state index contributed by atoms with van der Waals surface area (Å²) < 4.78 is 28.5. The molecule has 0 spiro atoms. The molecule has 0 aromatic carbocycles. The minimum Gasteiger partial charge on any atom is -0.423 e. The van der Waals surface area contributed by atoms with Crippen LogP contribution in [0.2, 0.25) is 0 Å². The Kier molecular flexibility index (Phi) is 0.817. The molecule has 0 aliphatic heterocycles. The quantitative estimate of drug-likeness (QED) is 0.464. The zero-order chi connectivity index (χ0) is 10.2. The second kappa shape index (κ2) is 2.61. The van der Waals surface area contributed by atoms with Crippen LogP contribution >= 0.6 is 0 Å². The fourth-order valence-corrected chi connectivity index (χ4v) is 0.365. The van der Waals surface area contributed by atoms with Crippen molar-refractivity contribution in [1.29, 1.82) is 0 Å². The van der Waals surface area contributed by atoms with Crippen molar-refractivity contribution >= 4 is 12.6 Å². The number of nitrogens with zero attached hydrogens (tertiary/aromatic N) is 1. The van der Waals surface area contributed by atoms with E-state index in [1.807, 2.05) is 0 Å². The molecule has 3 nitrogen and oxygen atoms in total. The lowest BCUT2D eigenvalue weighted by Gasteiger charge is -1.93. The van der Waals surface area contributed by atoms with E-state index in [4.69, 9.17) is 15.5 Å². The van der Waals surface area contributed by atoms with Gasteiger partial charge in [-0.1, -0.05) is 0 Å². The van der Waals surface area contributed by atoms with Crippen molar-refractivity contribution in [3.63, 3.8) is 0 Å². The van der Waals surface area contributed by atoms with E-state index in [9.17, 15) is 0 Å². The summed E-state index contributed by atoms with van der Waals surface area (Å²) in [6.07, 6.45) is -1.08. The molecule has 0 saturated heterocycles. The van der Waals surface area contributed by atoms with Crippen LogP contribution in [0.25, 0.3) is 0 Å². The summed E-state index contributed by atoms with van der Waals surface area (Å²) in [5.74, 6) is 0. The smallest absolute Gasteiger partial charge is 0.423 e. The van der Waals surface area contributed by atoms with Crippen molar-refractivity contribution < 1.29 is 15.5 Å². The van der Waals surface area contributed by atoms with Crippen LogP contribution in [0.5, 0.6) is 0 Å². The van der Waals surface area contributed by atoms with E-state index < -0.39 is 37.0 Å². The van der Waals surface area contributed by atoms with E-state index in [1.54, 1.807) is 0 Å². The van der Waals surface area contributed by atoms with Crippen LogP contribution in [-0.2, 0) is 0 Å². The van der Waals surface area contributed by atoms with Crippen molar-refractivity contribution in [2.45, 2.75) is 0 Å². The largest absolute Gasteiger partial charge is 0.488 e. The van der Waals surface area contributed by atoms with Crippen molar-refractivity contribution in [2.24, 2.45) is 0 Å². The highest BCUT2D eigenvalue weighted by Gasteiger charge is 2.07. The minimum absolute atomic E-state index is 0.454. The molecule has 0 bridgehead atoms. The van der Waals surface area contributed by atoms with Gasteiger partial charge in [0.05, 0.1) is 5.48 Å². The lowest BCUT2D eigenvalue weighted by atomic mass is 9.81. The summed E-state index contributed by atoms with van der Waals surface area (Å²) in [7, 11) is -2.02. The second-order valence-electron chi connectivity index (χ2n) is 1.37. The van der Waals surface area contributed by atoms with Crippen LogP contribution in [0.1, 0.15) is 5.48 Å². The molecule has 9 heavy (non-hydrogen) atoms. The molecule has 0 radical (unpaired) electrons. The topological polar surface area (TPSA) is 53.4 Å². The molecule has 0 fully saturated rings. The van der Waals surface area contributed by atoms with Crippen molar-refractivity contribution in [3.05, 3.63) is 24.4 Å². The third-order valence-corrected chi connectivity index (χ3v) is 0.751. The van der Waals surface area contributed by atoms with E-state index in [-0.39, 0.29) is 0 Å². The Balaban J connectivity index is 3.46. The minimum atomic E-state index is -2.02. The fourth-order valence-electron chi connectivity index (χ4n) is 0.365. The summed E-state index contributed by atoms with van der Waals surface area (Å²) in [4.78, 5) is 3.25. The summed E-state index contributed by atoms with van der Waals surface area (Å²) in [5.41, 5.74) is -0.454. The third kappa shape index (κ3) is 1.52. The van der Waals surface area contributed by atoms with Crippen LogP contribution < -0.4 is 5.46 Å². The Morgan fingerprint density at radius 3 is 2.44 bits per heavy atom. The Bertz CT molecular complexity index is 320. The van der Waals surface area contributed by atoms with Gasteiger partial charge in [0, 0.05) is 12.3 Å². The molecule has 4 heteroatoms. The summed E-state index contributed by atoms with van der Waals surface area (Å²) >= 11 is 0. The average molecular weight is 127 g/mol. The highest BCUT2D eigenvalue weighted by atomic mass is 16.4. The fraction of sp³-hybridized carbons (Fsp3) is 0. The molecule has 0 aliphatic carbocycles. The van der Waals surface area contributed by atoms with E-state index in [0.717, 1.165) is 0 Å². The van der Waals surface area contributed by atoms with Gasteiger partial charge in [0.2, 0.25) is 0 Å². The molecule has 0 aliphatic rings. The number of rotatable bonds is 1. The monoisotopic (exact) mass is 127 g/mol. The number of pyridine rings is 1. The van der Waals surface area contributed by atoms with Gasteiger partial charge in [-0.2, -0.15) is 0 Å². The van der Waals surface area contributed by atoms with Gasteiger partial charge < -0.3 is 10.0 Å². The molecule has 2 N–H and O–H groups in total. The summed E-state index contributed by atoms with van der Waals surface area (Å²) in [6.45, 7) is 0. The van der Waals surface area contributed by atoms with E-state index in [0.29, 0.717) is 0 Å². The molecule has 1 aromatic rings. The number of hydrogen-bond donors (Lipinski definition) is 2.